The van der Waals surface area contributed by atoms with E-state index < -0.39 is 0 Å². The molecule has 0 radical (unpaired) electrons. The molecular formula is C8H15N5O2. The Labute approximate surface area is 87.6 Å². The van der Waals surface area contributed by atoms with E-state index in [2.05, 4.69) is 15.5 Å². The highest BCUT2D eigenvalue weighted by Crippen LogP contribution is 2.09. The van der Waals surface area contributed by atoms with E-state index in [0.29, 0.717) is 24.9 Å². The lowest BCUT2D eigenvalue weighted by molar-refractivity contribution is -0.119. The predicted octanol–water partition coefficient (Wildman–Crippen LogP) is -1.25. The second kappa shape index (κ2) is 5.30. The smallest absolute Gasteiger partial charge is 0.318 e. The number of amides is 1. The predicted molar refractivity (Wildman–Crippen MR) is 54.4 cm³/mol. The summed E-state index contributed by atoms with van der Waals surface area (Å²) in [4.78, 5) is 12.6. The van der Waals surface area contributed by atoms with Gasteiger partial charge in [0.1, 0.15) is 6.54 Å². The van der Waals surface area contributed by atoms with Crippen molar-refractivity contribution in [3.8, 4) is 0 Å². The number of nitrogens with two attached hydrogens (primary N) is 1. The summed E-state index contributed by atoms with van der Waals surface area (Å²) < 4.78 is 5.27. The second-order valence-corrected chi connectivity index (χ2v) is 3.05. The number of carbonyl (C=O) groups excluding carboxylic acids is 1. The first-order valence-electron chi connectivity index (χ1n) is 4.61. The highest BCUT2D eigenvalue weighted by atomic mass is 16.4. The molecule has 7 heteroatoms. The van der Waals surface area contributed by atoms with E-state index in [0.717, 1.165) is 0 Å². The Morgan fingerprint density at radius 1 is 1.60 bits per heavy atom. The molecule has 15 heavy (non-hydrogen) atoms. The minimum atomic E-state index is -0.115. The molecule has 1 rings (SSSR count). The number of rotatable bonds is 5. The summed E-state index contributed by atoms with van der Waals surface area (Å²) in [7, 11) is 3.28. The number of hydrogen-bond acceptors (Lipinski definition) is 6. The quantitative estimate of drug-likeness (QED) is 0.634. The molecule has 0 aliphatic heterocycles. The molecule has 0 fully saturated rings. The Kier molecular flexibility index (Phi) is 4.04. The molecule has 0 aromatic carbocycles. The van der Waals surface area contributed by atoms with Gasteiger partial charge >= 0.3 is 6.01 Å². The molecule has 0 saturated heterocycles. The fourth-order valence-electron chi connectivity index (χ4n) is 0.986. The molecule has 0 aliphatic rings. The van der Waals surface area contributed by atoms with Crippen molar-refractivity contribution in [3.63, 3.8) is 0 Å². The van der Waals surface area contributed by atoms with E-state index in [9.17, 15) is 4.79 Å². The van der Waals surface area contributed by atoms with Gasteiger partial charge in [-0.25, -0.2) is 0 Å². The van der Waals surface area contributed by atoms with Crippen molar-refractivity contribution < 1.29 is 9.21 Å². The van der Waals surface area contributed by atoms with Gasteiger partial charge < -0.3 is 20.4 Å². The first-order chi connectivity index (χ1) is 7.17. The first-order valence-corrected chi connectivity index (χ1v) is 4.61. The fourth-order valence-corrected chi connectivity index (χ4v) is 0.986. The fraction of sp³-hybridized carbons (Fsp3) is 0.625. The third-order valence-corrected chi connectivity index (χ3v) is 1.80. The van der Waals surface area contributed by atoms with E-state index >= 15 is 0 Å². The van der Waals surface area contributed by atoms with Gasteiger partial charge in [0.15, 0.2) is 0 Å². The molecule has 0 spiro atoms. The van der Waals surface area contributed by atoms with Crippen molar-refractivity contribution in [1.29, 1.82) is 0 Å². The van der Waals surface area contributed by atoms with Gasteiger partial charge in [-0.1, -0.05) is 5.10 Å². The molecule has 84 valence electrons. The molecule has 0 bridgehead atoms. The topological polar surface area (TPSA) is 97.3 Å². The van der Waals surface area contributed by atoms with Crippen LogP contribution in [-0.4, -0.2) is 43.3 Å². The highest BCUT2D eigenvalue weighted by molar-refractivity contribution is 5.80. The molecule has 1 heterocycles. The standard InChI is InChI=1S/C8H15N5O2/c1-10-6(14)5-13(2)8-12-11-7(15-8)3-4-9/h3-5,9H2,1-2H3,(H,10,14). The molecule has 0 atom stereocenters. The summed E-state index contributed by atoms with van der Waals surface area (Å²) >= 11 is 0. The monoisotopic (exact) mass is 213 g/mol. The Morgan fingerprint density at radius 3 is 2.93 bits per heavy atom. The zero-order valence-corrected chi connectivity index (χ0v) is 8.86. The Hall–Kier alpha value is -1.63. The molecular weight excluding hydrogens is 198 g/mol. The van der Waals surface area contributed by atoms with E-state index in [1.807, 2.05) is 0 Å². The largest absolute Gasteiger partial charge is 0.408 e. The van der Waals surface area contributed by atoms with Crippen molar-refractivity contribution in [2.75, 3.05) is 32.1 Å². The average molecular weight is 213 g/mol. The normalized spacial score (nSPS) is 10.1. The minimum Gasteiger partial charge on any atom is -0.408 e. The van der Waals surface area contributed by atoms with Gasteiger partial charge in [-0.05, 0) is 0 Å². The average Bonchev–Trinajstić information content (AvgIpc) is 2.67. The maximum Gasteiger partial charge on any atom is 0.318 e. The molecule has 0 unspecified atom stereocenters. The zero-order valence-electron chi connectivity index (χ0n) is 8.86. The van der Waals surface area contributed by atoms with Crippen LogP contribution in [0.3, 0.4) is 0 Å². The minimum absolute atomic E-state index is 0.115. The summed E-state index contributed by atoms with van der Waals surface area (Å²) in [6, 6.07) is 0.321. The molecule has 1 amide bonds. The van der Waals surface area contributed by atoms with E-state index in [4.69, 9.17) is 10.2 Å². The van der Waals surface area contributed by atoms with Crippen LogP contribution in [0.2, 0.25) is 0 Å². The lowest BCUT2D eigenvalue weighted by atomic mass is 10.4. The first kappa shape index (κ1) is 11.4. The summed E-state index contributed by atoms with van der Waals surface area (Å²) in [6.45, 7) is 0.640. The number of nitrogens with one attached hydrogen (secondary N) is 1. The van der Waals surface area contributed by atoms with Crippen molar-refractivity contribution in [2.45, 2.75) is 6.42 Å². The Morgan fingerprint density at radius 2 is 2.33 bits per heavy atom. The van der Waals surface area contributed by atoms with Gasteiger partial charge in [-0.2, -0.15) is 0 Å². The molecule has 0 aliphatic carbocycles. The van der Waals surface area contributed by atoms with Crippen molar-refractivity contribution in [1.82, 2.24) is 15.5 Å². The van der Waals surface area contributed by atoms with Crippen molar-refractivity contribution in [3.05, 3.63) is 5.89 Å². The van der Waals surface area contributed by atoms with Crippen LogP contribution in [0, 0.1) is 0 Å². The number of likely N-dealkylation sites (N-methyl/N-ethyl adjacent to an activating group) is 2. The van der Waals surface area contributed by atoms with Crippen LogP contribution in [0.25, 0.3) is 0 Å². The zero-order chi connectivity index (χ0) is 11.3. The van der Waals surface area contributed by atoms with Crippen LogP contribution in [0.15, 0.2) is 4.42 Å². The van der Waals surface area contributed by atoms with E-state index in [1.54, 1.807) is 19.0 Å². The molecule has 0 saturated carbocycles. The van der Waals surface area contributed by atoms with Gasteiger partial charge in [0.05, 0.1) is 0 Å². The van der Waals surface area contributed by atoms with Crippen LogP contribution >= 0.6 is 0 Å². The Balaban J connectivity index is 2.57. The van der Waals surface area contributed by atoms with Gasteiger partial charge in [-0.15, -0.1) is 5.10 Å². The van der Waals surface area contributed by atoms with Crippen molar-refractivity contribution in [2.24, 2.45) is 5.73 Å². The van der Waals surface area contributed by atoms with Gasteiger partial charge in [0.2, 0.25) is 11.8 Å². The molecule has 1 aromatic rings. The SMILES string of the molecule is CNC(=O)CN(C)c1nnc(CCN)o1. The summed E-state index contributed by atoms with van der Waals surface area (Å²) in [6.07, 6.45) is 0.542. The lowest BCUT2D eigenvalue weighted by Crippen LogP contribution is -2.33. The van der Waals surface area contributed by atoms with Crippen molar-refractivity contribution >= 4 is 11.9 Å². The van der Waals surface area contributed by atoms with Gasteiger partial charge in [-0.3, -0.25) is 4.79 Å². The van der Waals surface area contributed by atoms with Crippen LogP contribution in [0.1, 0.15) is 5.89 Å². The Bertz CT molecular complexity index is 325. The van der Waals surface area contributed by atoms with Gasteiger partial charge in [0.25, 0.3) is 0 Å². The van der Waals surface area contributed by atoms with E-state index in [-0.39, 0.29) is 12.5 Å². The highest BCUT2D eigenvalue weighted by Gasteiger charge is 2.12. The molecule has 7 nitrogen and oxygen atoms in total. The van der Waals surface area contributed by atoms with Crippen LogP contribution in [0.4, 0.5) is 6.01 Å². The van der Waals surface area contributed by atoms with Crippen LogP contribution in [0.5, 0.6) is 0 Å². The summed E-state index contributed by atoms with van der Waals surface area (Å²) in [5, 5.41) is 10.1. The maximum absolute atomic E-state index is 11.1. The van der Waals surface area contributed by atoms with Gasteiger partial charge in [0, 0.05) is 27.1 Å². The number of hydrogen-bond donors (Lipinski definition) is 2. The third kappa shape index (κ3) is 3.21. The lowest BCUT2D eigenvalue weighted by Gasteiger charge is -2.11. The third-order valence-electron chi connectivity index (χ3n) is 1.80. The van der Waals surface area contributed by atoms with Crippen LogP contribution < -0.4 is 16.0 Å². The van der Waals surface area contributed by atoms with E-state index in [1.165, 1.54) is 0 Å². The summed E-state index contributed by atoms with van der Waals surface area (Å²) in [5.41, 5.74) is 5.34. The maximum atomic E-state index is 11.1. The number of aromatic nitrogens is 2. The number of anilines is 1. The molecule has 3 N–H and O–H groups in total. The number of nitrogens with zero attached hydrogens (tertiary/aromatic N) is 3. The summed E-state index contributed by atoms with van der Waals surface area (Å²) in [5.74, 6) is 0.368. The van der Waals surface area contributed by atoms with Crippen LogP contribution in [-0.2, 0) is 11.2 Å². The second-order valence-electron chi connectivity index (χ2n) is 3.05. The number of carbonyl (C=O) groups is 1. The molecule has 1 aromatic heterocycles.